The molecule has 1 aromatic rings. The summed E-state index contributed by atoms with van der Waals surface area (Å²) in [7, 11) is 0. The van der Waals surface area contributed by atoms with Gasteiger partial charge in [-0.3, -0.25) is 0 Å². The summed E-state index contributed by atoms with van der Waals surface area (Å²) in [6.45, 7) is 0. The highest BCUT2D eigenvalue weighted by atomic mass is 127. The zero-order valence-corrected chi connectivity index (χ0v) is 9.33. The Hall–Kier alpha value is -0.300. The number of pyridine rings is 1. The average Bonchev–Trinajstić information content (AvgIpc) is 2.83. The molecule has 2 rings (SSSR count). The molecule has 1 saturated carbocycles. The molecular weight excluding hydrogens is 303 g/mol. The Morgan fingerprint density at radius 3 is 2.64 bits per heavy atom. The fraction of sp³-hybridized carbons (Fsp3) is 0.444. The van der Waals surface area contributed by atoms with Crippen LogP contribution >= 0.6 is 22.6 Å². The highest BCUT2D eigenvalue weighted by molar-refractivity contribution is 14.1. The van der Waals surface area contributed by atoms with Crippen LogP contribution < -0.4 is 0 Å². The Bertz CT molecular complexity index is 345. The van der Waals surface area contributed by atoms with Crippen LogP contribution in [0.1, 0.15) is 24.5 Å². The van der Waals surface area contributed by atoms with Crippen molar-refractivity contribution in [2.24, 2.45) is 5.92 Å². The normalized spacial score (nSPS) is 18.3. The fourth-order valence-electron chi connectivity index (χ4n) is 1.38. The van der Waals surface area contributed by atoms with E-state index in [2.05, 4.69) is 4.98 Å². The number of nitrogens with zero attached hydrogens (tertiary/aromatic N) is 1. The molecule has 0 aromatic carbocycles. The van der Waals surface area contributed by atoms with Crippen LogP contribution in [-0.4, -0.2) is 10.1 Å². The van der Waals surface area contributed by atoms with E-state index in [-0.39, 0.29) is 11.5 Å². The van der Waals surface area contributed by atoms with Crippen molar-refractivity contribution < 1.29 is 13.9 Å². The van der Waals surface area contributed by atoms with Gasteiger partial charge in [0.2, 0.25) is 11.9 Å². The van der Waals surface area contributed by atoms with Crippen LogP contribution in [0.3, 0.4) is 0 Å². The van der Waals surface area contributed by atoms with E-state index in [4.69, 9.17) is 0 Å². The minimum Gasteiger partial charge on any atom is -0.388 e. The van der Waals surface area contributed by atoms with Crippen LogP contribution in [0.25, 0.3) is 0 Å². The fourth-order valence-corrected chi connectivity index (χ4v) is 2.18. The van der Waals surface area contributed by atoms with Gasteiger partial charge in [-0.05, 0) is 41.4 Å². The molecule has 0 spiro atoms. The maximum Gasteiger partial charge on any atom is 0.222 e. The first kappa shape index (κ1) is 10.2. The lowest BCUT2D eigenvalue weighted by molar-refractivity contribution is 0.147. The van der Waals surface area contributed by atoms with Gasteiger partial charge in [0.25, 0.3) is 0 Å². The highest BCUT2D eigenvalue weighted by Crippen LogP contribution is 2.42. The standard InChI is InChI=1S/C9H8F2INO/c10-6-3-5(12)7(9(11)13-6)8(14)4-1-2-4/h3-4,8,14H,1-2H2. The molecule has 0 aliphatic heterocycles. The molecule has 1 unspecified atom stereocenters. The van der Waals surface area contributed by atoms with Gasteiger partial charge in [0.1, 0.15) is 0 Å². The minimum absolute atomic E-state index is 0.116. The number of rotatable bonds is 2. The minimum atomic E-state index is -0.895. The van der Waals surface area contributed by atoms with Crippen molar-refractivity contribution in [2.45, 2.75) is 18.9 Å². The van der Waals surface area contributed by atoms with Crippen molar-refractivity contribution in [1.82, 2.24) is 4.98 Å². The number of halogens is 3. The largest absolute Gasteiger partial charge is 0.388 e. The van der Waals surface area contributed by atoms with Crippen molar-refractivity contribution >= 4 is 22.6 Å². The molecule has 1 heterocycles. The molecule has 2 nitrogen and oxygen atoms in total. The van der Waals surface area contributed by atoms with Gasteiger partial charge in [0.15, 0.2) is 0 Å². The monoisotopic (exact) mass is 311 g/mol. The van der Waals surface area contributed by atoms with Crippen LogP contribution in [0, 0.1) is 21.4 Å². The molecule has 1 N–H and O–H groups in total. The first-order chi connectivity index (χ1) is 6.59. The van der Waals surface area contributed by atoms with Gasteiger partial charge in [-0.25, -0.2) is 0 Å². The van der Waals surface area contributed by atoms with Gasteiger partial charge < -0.3 is 5.11 Å². The predicted octanol–water partition coefficient (Wildman–Crippen LogP) is 2.41. The van der Waals surface area contributed by atoms with E-state index in [0.717, 1.165) is 18.9 Å². The van der Waals surface area contributed by atoms with E-state index in [1.165, 1.54) is 0 Å². The lowest BCUT2D eigenvalue weighted by Crippen LogP contribution is -2.08. The maximum atomic E-state index is 13.2. The van der Waals surface area contributed by atoms with E-state index in [0.29, 0.717) is 3.57 Å². The summed E-state index contributed by atoms with van der Waals surface area (Å²) in [5.74, 6) is -1.63. The lowest BCUT2D eigenvalue weighted by atomic mass is 10.1. The van der Waals surface area contributed by atoms with Gasteiger partial charge in [0.05, 0.1) is 6.10 Å². The number of aliphatic hydroxyl groups is 1. The van der Waals surface area contributed by atoms with Crippen molar-refractivity contribution in [2.75, 3.05) is 0 Å². The summed E-state index contributed by atoms with van der Waals surface area (Å²) >= 11 is 1.81. The van der Waals surface area contributed by atoms with Crippen LogP contribution in [0.15, 0.2) is 6.07 Å². The van der Waals surface area contributed by atoms with E-state index in [1.54, 1.807) is 0 Å². The third-order valence-electron chi connectivity index (χ3n) is 2.29. The topological polar surface area (TPSA) is 33.1 Å². The molecule has 14 heavy (non-hydrogen) atoms. The number of hydrogen-bond donors (Lipinski definition) is 1. The Morgan fingerprint density at radius 2 is 2.14 bits per heavy atom. The molecular formula is C9H8F2INO. The highest BCUT2D eigenvalue weighted by Gasteiger charge is 2.34. The summed E-state index contributed by atoms with van der Waals surface area (Å²) in [5.41, 5.74) is 0.134. The molecule has 5 heteroatoms. The lowest BCUT2D eigenvalue weighted by Gasteiger charge is -2.11. The molecule has 0 saturated heterocycles. The zero-order valence-electron chi connectivity index (χ0n) is 7.17. The van der Waals surface area contributed by atoms with Crippen molar-refractivity contribution in [3.8, 4) is 0 Å². The van der Waals surface area contributed by atoms with E-state index in [9.17, 15) is 13.9 Å². The predicted molar refractivity (Wildman–Crippen MR) is 54.6 cm³/mol. The Labute approximate surface area is 93.5 Å². The zero-order chi connectivity index (χ0) is 10.3. The molecule has 0 radical (unpaired) electrons. The van der Waals surface area contributed by atoms with Crippen LogP contribution in [0.4, 0.5) is 8.78 Å². The van der Waals surface area contributed by atoms with Gasteiger partial charge in [-0.1, -0.05) is 0 Å². The van der Waals surface area contributed by atoms with Crippen LogP contribution in [0.2, 0.25) is 0 Å². The van der Waals surface area contributed by atoms with E-state index in [1.807, 2.05) is 22.6 Å². The SMILES string of the molecule is OC(c1c(I)cc(F)nc1F)C1CC1. The number of hydrogen-bond acceptors (Lipinski definition) is 2. The molecule has 0 amide bonds. The summed E-state index contributed by atoms with van der Waals surface area (Å²) in [5, 5.41) is 9.71. The molecule has 0 bridgehead atoms. The average molecular weight is 311 g/mol. The van der Waals surface area contributed by atoms with E-state index < -0.39 is 18.0 Å². The molecule has 1 fully saturated rings. The van der Waals surface area contributed by atoms with Crippen LogP contribution in [-0.2, 0) is 0 Å². The second-order valence-corrected chi connectivity index (χ2v) is 4.58. The van der Waals surface area contributed by atoms with Gasteiger partial charge in [0, 0.05) is 15.2 Å². The Kier molecular flexibility index (Phi) is 2.70. The number of aliphatic hydroxyl groups excluding tert-OH is 1. The molecule has 1 aromatic heterocycles. The first-order valence-corrected chi connectivity index (χ1v) is 5.37. The smallest absolute Gasteiger partial charge is 0.222 e. The third-order valence-corrected chi connectivity index (χ3v) is 3.19. The summed E-state index contributed by atoms with van der Waals surface area (Å²) < 4.78 is 26.3. The third kappa shape index (κ3) is 1.88. The molecule has 1 aliphatic rings. The molecule has 1 aliphatic carbocycles. The maximum absolute atomic E-state index is 13.2. The summed E-state index contributed by atoms with van der Waals surface area (Å²) in [6.07, 6.45) is 0.956. The van der Waals surface area contributed by atoms with Gasteiger partial charge in [-0.2, -0.15) is 13.8 Å². The Morgan fingerprint density at radius 1 is 1.50 bits per heavy atom. The van der Waals surface area contributed by atoms with Gasteiger partial charge in [-0.15, -0.1) is 0 Å². The summed E-state index contributed by atoms with van der Waals surface area (Å²) in [4.78, 5) is 3.07. The second kappa shape index (κ2) is 3.69. The molecule has 1 atom stereocenters. The van der Waals surface area contributed by atoms with Crippen LogP contribution in [0.5, 0.6) is 0 Å². The van der Waals surface area contributed by atoms with Crippen molar-refractivity contribution in [3.05, 3.63) is 27.1 Å². The van der Waals surface area contributed by atoms with Gasteiger partial charge >= 0.3 is 0 Å². The Balaban J connectivity index is 2.40. The molecule has 76 valence electrons. The number of aromatic nitrogens is 1. The first-order valence-electron chi connectivity index (χ1n) is 4.29. The van der Waals surface area contributed by atoms with Crippen molar-refractivity contribution in [1.29, 1.82) is 0 Å². The van der Waals surface area contributed by atoms with E-state index >= 15 is 0 Å². The van der Waals surface area contributed by atoms with Crippen molar-refractivity contribution in [3.63, 3.8) is 0 Å². The summed E-state index contributed by atoms with van der Waals surface area (Å²) in [6, 6.07) is 1.13. The quantitative estimate of drug-likeness (QED) is 0.672. The second-order valence-electron chi connectivity index (χ2n) is 3.41.